The van der Waals surface area contributed by atoms with Gasteiger partial charge >= 0.3 is 5.97 Å². The molecule has 0 atom stereocenters. The fourth-order valence-electron chi connectivity index (χ4n) is 2.12. The van der Waals surface area contributed by atoms with Crippen molar-refractivity contribution in [1.82, 2.24) is 19.9 Å². The maximum Gasteiger partial charge on any atom is 0.361 e. The average molecular weight is 400 g/mol. The fourth-order valence-corrected chi connectivity index (χ4v) is 2.66. The maximum absolute atomic E-state index is 12.0. The minimum Gasteiger partial charge on any atom is -0.453 e. The summed E-state index contributed by atoms with van der Waals surface area (Å²) in [5.74, 6) is -0.392. The number of nitrogen functional groups attached to an aromatic ring is 2. The number of nitrogens with one attached hydrogen (secondary N) is 1. The standard InChI is InChI=1S/C13H12BrClN6O2/c14-5-1-2-6-7(3-5)19-8(18-6)4-23-13(22)9-11(16)21-12(17)10(15)20-9/h3H,1-2,4H2,(H,18,19)(H4,16,17,21). The van der Waals surface area contributed by atoms with Crippen molar-refractivity contribution in [2.75, 3.05) is 11.5 Å². The van der Waals surface area contributed by atoms with Crippen molar-refractivity contribution in [3.8, 4) is 0 Å². The highest BCUT2D eigenvalue weighted by Crippen LogP contribution is 2.26. The van der Waals surface area contributed by atoms with Gasteiger partial charge in [0, 0.05) is 5.69 Å². The Bertz CT molecular complexity index is 819. The average Bonchev–Trinajstić information content (AvgIpc) is 2.90. The smallest absolute Gasteiger partial charge is 0.361 e. The predicted molar refractivity (Wildman–Crippen MR) is 88.8 cm³/mol. The first-order valence-electron chi connectivity index (χ1n) is 6.63. The molecule has 2 heterocycles. The number of carbonyl (C=O) groups is 1. The van der Waals surface area contributed by atoms with Crippen LogP contribution in [0.25, 0.3) is 6.08 Å². The van der Waals surface area contributed by atoms with E-state index in [0.29, 0.717) is 5.82 Å². The summed E-state index contributed by atoms with van der Waals surface area (Å²) < 4.78 is 6.23. The summed E-state index contributed by atoms with van der Waals surface area (Å²) in [6.45, 7) is -0.0413. The molecule has 120 valence electrons. The van der Waals surface area contributed by atoms with Crippen molar-refractivity contribution in [2.24, 2.45) is 0 Å². The molecule has 10 heteroatoms. The van der Waals surface area contributed by atoms with Crippen LogP contribution < -0.4 is 11.5 Å². The summed E-state index contributed by atoms with van der Waals surface area (Å²) in [7, 11) is 0. The van der Waals surface area contributed by atoms with E-state index in [1.165, 1.54) is 0 Å². The number of nitrogens with two attached hydrogens (primary N) is 2. The second-order valence-corrected chi connectivity index (χ2v) is 6.22. The van der Waals surface area contributed by atoms with E-state index < -0.39 is 5.97 Å². The van der Waals surface area contributed by atoms with Crippen molar-refractivity contribution in [3.63, 3.8) is 0 Å². The molecule has 0 saturated heterocycles. The Labute approximate surface area is 144 Å². The zero-order chi connectivity index (χ0) is 16.6. The van der Waals surface area contributed by atoms with E-state index in [1.54, 1.807) is 0 Å². The molecular weight excluding hydrogens is 388 g/mol. The number of rotatable bonds is 3. The Morgan fingerprint density at radius 1 is 1.30 bits per heavy atom. The SMILES string of the molecule is Nc1nc(N)c(C(=O)OCc2nc3c([nH]2)CCC(Br)=C3)nc1Cl. The molecule has 5 N–H and O–H groups in total. The number of hydrogen-bond donors (Lipinski definition) is 3. The molecule has 1 aliphatic rings. The van der Waals surface area contributed by atoms with E-state index in [4.69, 9.17) is 27.8 Å². The molecule has 2 aromatic heterocycles. The van der Waals surface area contributed by atoms with Crippen molar-refractivity contribution in [2.45, 2.75) is 19.4 Å². The number of aromatic nitrogens is 4. The second kappa shape index (κ2) is 6.17. The fraction of sp³-hybridized carbons (Fsp3) is 0.231. The highest BCUT2D eigenvalue weighted by molar-refractivity contribution is 9.11. The van der Waals surface area contributed by atoms with Crippen molar-refractivity contribution in [3.05, 3.63) is 32.5 Å². The number of aryl methyl sites for hydroxylation is 1. The first-order chi connectivity index (χ1) is 10.9. The first-order valence-corrected chi connectivity index (χ1v) is 7.80. The van der Waals surface area contributed by atoms with E-state index in [9.17, 15) is 4.79 Å². The van der Waals surface area contributed by atoms with Gasteiger partial charge in [-0.3, -0.25) is 0 Å². The van der Waals surface area contributed by atoms with Gasteiger partial charge in [0.2, 0.25) is 0 Å². The Kier molecular flexibility index (Phi) is 4.22. The van der Waals surface area contributed by atoms with Crippen LogP contribution >= 0.6 is 27.5 Å². The molecule has 0 fully saturated rings. The van der Waals surface area contributed by atoms with E-state index in [2.05, 4.69) is 35.9 Å². The lowest BCUT2D eigenvalue weighted by Crippen LogP contribution is -2.14. The lowest BCUT2D eigenvalue weighted by Gasteiger charge is -2.06. The van der Waals surface area contributed by atoms with Gasteiger partial charge in [-0.15, -0.1) is 0 Å². The number of H-pyrrole nitrogens is 1. The molecule has 0 unspecified atom stereocenters. The van der Waals surface area contributed by atoms with E-state index in [0.717, 1.165) is 28.7 Å². The third-order valence-corrected chi connectivity index (χ3v) is 4.11. The van der Waals surface area contributed by atoms with Gasteiger partial charge in [0.05, 0.1) is 5.69 Å². The van der Waals surface area contributed by atoms with Crippen LogP contribution in [0.5, 0.6) is 0 Å². The molecule has 0 bridgehead atoms. The van der Waals surface area contributed by atoms with Crippen LogP contribution in [-0.4, -0.2) is 25.9 Å². The van der Waals surface area contributed by atoms with Crippen LogP contribution in [0.4, 0.5) is 11.6 Å². The third-order valence-electron chi connectivity index (χ3n) is 3.21. The molecule has 3 rings (SSSR count). The minimum absolute atomic E-state index is 0.0413. The van der Waals surface area contributed by atoms with Gasteiger partial charge in [0.15, 0.2) is 22.5 Å². The van der Waals surface area contributed by atoms with Crippen molar-refractivity contribution >= 4 is 51.2 Å². The van der Waals surface area contributed by atoms with Gasteiger partial charge in [-0.1, -0.05) is 27.5 Å². The third kappa shape index (κ3) is 3.30. The maximum atomic E-state index is 12.0. The predicted octanol–water partition coefficient (Wildman–Crippen LogP) is 2.06. The molecule has 2 aromatic rings. The first kappa shape index (κ1) is 15.8. The van der Waals surface area contributed by atoms with Crippen molar-refractivity contribution < 1.29 is 9.53 Å². The topological polar surface area (TPSA) is 133 Å². The molecule has 0 spiro atoms. The molecule has 0 aromatic carbocycles. The number of esters is 1. The van der Waals surface area contributed by atoms with E-state index >= 15 is 0 Å². The summed E-state index contributed by atoms with van der Waals surface area (Å²) in [5, 5.41) is -0.102. The summed E-state index contributed by atoms with van der Waals surface area (Å²) in [4.78, 5) is 27.1. The number of imidazole rings is 1. The monoisotopic (exact) mass is 398 g/mol. The van der Waals surface area contributed by atoms with Gasteiger partial charge in [-0.2, -0.15) is 0 Å². The van der Waals surface area contributed by atoms with Crippen LogP contribution in [0, 0.1) is 0 Å². The molecule has 0 radical (unpaired) electrons. The van der Waals surface area contributed by atoms with Crippen LogP contribution in [0.1, 0.15) is 34.1 Å². The lowest BCUT2D eigenvalue weighted by atomic mass is 10.1. The number of allylic oxidation sites excluding steroid dienone is 1. The highest BCUT2D eigenvalue weighted by atomic mass is 79.9. The lowest BCUT2D eigenvalue weighted by molar-refractivity contribution is 0.0457. The Morgan fingerprint density at radius 3 is 2.87 bits per heavy atom. The number of halogens is 2. The van der Waals surface area contributed by atoms with Crippen LogP contribution in [0.3, 0.4) is 0 Å². The number of carbonyl (C=O) groups excluding carboxylic acids is 1. The Morgan fingerprint density at radius 2 is 2.09 bits per heavy atom. The number of fused-ring (bicyclic) bond motifs is 1. The van der Waals surface area contributed by atoms with E-state index in [-0.39, 0.29) is 29.1 Å². The molecule has 8 nitrogen and oxygen atoms in total. The summed E-state index contributed by atoms with van der Waals surface area (Å²) in [6, 6.07) is 0. The zero-order valence-corrected chi connectivity index (χ0v) is 14.1. The molecule has 0 amide bonds. The summed E-state index contributed by atoms with van der Waals surface area (Å²) >= 11 is 9.19. The summed E-state index contributed by atoms with van der Waals surface area (Å²) in [6.07, 6.45) is 3.69. The van der Waals surface area contributed by atoms with Crippen LogP contribution in [-0.2, 0) is 17.8 Å². The van der Waals surface area contributed by atoms with Gasteiger partial charge in [0.25, 0.3) is 0 Å². The van der Waals surface area contributed by atoms with E-state index in [1.807, 2.05) is 6.08 Å². The Balaban J connectivity index is 1.72. The molecular formula is C13H12BrClN6O2. The highest BCUT2D eigenvalue weighted by Gasteiger charge is 2.19. The number of anilines is 2. The van der Waals surface area contributed by atoms with Gasteiger partial charge < -0.3 is 21.2 Å². The largest absolute Gasteiger partial charge is 0.453 e. The molecule has 1 aliphatic carbocycles. The van der Waals surface area contributed by atoms with Crippen LogP contribution in [0.2, 0.25) is 5.15 Å². The quantitative estimate of drug-likeness (QED) is 0.673. The van der Waals surface area contributed by atoms with Crippen molar-refractivity contribution in [1.29, 1.82) is 0 Å². The van der Waals surface area contributed by atoms with Gasteiger partial charge in [-0.05, 0) is 23.4 Å². The molecule has 23 heavy (non-hydrogen) atoms. The number of aromatic amines is 1. The summed E-state index contributed by atoms with van der Waals surface area (Å²) in [5.41, 5.74) is 12.7. The van der Waals surface area contributed by atoms with Gasteiger partial charge in [0.1, 0.15) is 12.4 Å². The second-order valence-electron chi connectivity index (χ2n) is 4.85. The normalized spacial score (nSPS) is 13.4. The number of nitrogens with zero attached hydrogens (tertiary/aromatic N) is 3. The Hall–Kier alpha value is -2.13. The number of ether oxygens (including phenoxy) is 1. The molecule has 0 aliphatic heterocycles. The van der Waals surface area contributed by atoms with Crippen LogP contribution in [0.15, 0.2) is 4.48 Å². The van der Waals surface area contributed by atoms with Gasteiger partial charge in [-0.25, -0.2) is 19.7 Å². The number of hydrogen-bond acceptors (Lipinski definition) is 7. The minimum atomic E-state index is -0.747. The zero-order valence-electron chi connectivity index (χ0n) is 11.8. The molecule has 0 saturated carbocycles.